The Morgan fingerprint density at radius 2 is 0.558 bits per heavy atom. The van der Waals surface area contributed by atoms with Crippen molar-refractivity contribution in [2.45, 2.75) is 258 Å². The topological polar surface area (TPSA) is 195 Å². The lowest BCUT2D eigenvalue weighted by Crippen LogP contribution is -2.17. The summed E-state index contributed by atoms with van der Waals surface area (Å²) in [7, 11) is 0. The van der Waals surface area contributed by atoms with Gasteiger partial charge in [0.05, 0.1) is 0 Å². The van der Waals surface area contributed by atoms with Crippen molar-refractivity contribution in [2.75, 3.05) is 11.5 Å². The molecule has 14 nitrogen and oxygen atoms in total. The van der Waals surface area contributed by atoms with E-state index in [0.717, 1.165) is 21.8 Å². The van der Waals surface area contributed by atoms with E-state index in [1.807, 2.05) is 125 Å². The first kappa shape index (κ1) is 70.8. The highest BCUT2D eigenvalue weighted by Gasteiger charge is 2.31. The predicted octanol–water partition coefficient (Wildman–Crippen LogP) is 20.4. The van der Waals surface area contributed by atoms with Gasteiger partial charge >= 0.3 is 24.0 Å². The van der Waals surface area contributed by atoms with Crippen molar-refractivity contribution < 1.29 is 39.4 Å². The summed E-state index contributed by atoms with van der Waals surface area (Å²) in [5.41, 5.74) is 1.93. The summed E-state index contributed by atoms with van der Waals surface area (Å²) in [4.78, 5) is 27.5. The molecule has 0 radical (unpaired) electrons. The van der Waals surface area contributed by atoms with Crippen LogP contribution in [-0.4, -0.2) is 61.8 Å². The van der Waals surface area contributed by atoms with E-state index in [4.69, 9.17) is 18.9 Å². The summed E-state index contributed by atoms with van der Waals surface area (Å²) in [6, 6.07) is 17.5. The minimum absolute atomic E-state index is 0.0860. The van der Waals surface area contributed by atoms with Gasteiger partial charge in [-0.1, -0.05) is 226 Å². The summed E-state index contributed by atoms with van der Waals surface area (Å²) < 4.78 is 25.1. The smallest absolute Gasteiger partial charge is 0.331 e. The van der Waals surface area contributed by atoms with Crippen molar-refractivity contribution in [3.8, 4) is 70.0 Å². The van der Waals surface area contributed by atoms with E-state index >= 15 is 0 Å². The highest BCUT2D eigenvalue weighted by Crippen LogP contribution is 2.46. The zero-order valence-corrected chi connectivity index (χ0v) is 57.2. The lowest BCUT2D eigenvalue weighted by Gasteiger charge is -2.28. The predicted molar refractivity (Wildman–Crippen MR) is 353 cm³/mol. The van der Waals surface area contributed by atoms with Crippen molar-refractivity contribution in [3.63, 3.8) is 0 Å². The van der Waals surface area contributed by atoms with Crippen LogP contribution in [0.4, 0.5) is 0 Å². The first-order valence-corrected chi connectivity index (χ1v) is 32.9. The van der Waals surface area contributed by atoms with Gasteiger partial charge in [0.2, 0.25) is 0 Å². The third-order valence-corrected chi connectivity index (χ3v) is 16.2. The molecule has 16 heteroatoms. The fraction of sp³-hybridized carbons (Fsp3) is 0.571. The van der Waals surface area contributed by atoms with Crippen LogP contribution in [0, 0.1) is 0 Å². The maximum atomic E-state index is 11.4. The number of benzene rings is 4. The molecule has 0 fully saturated rings. The third-order valence-electron chi connectivity index (χ3n) is 14.4. The number of hydrogen-bond donors (Lipinski definition) is 4. The number of aromatic hydroxyl groups is 4. The summed E-state index contributed by atoms with van der Waals surface area (Å²) in [6.07, 6.45) is 15.4. The Labute approximate surface area is 524 Å². The molecule has 2 aromatic heterocycles. The molecule has 0 unspecified atom stereocenters. The number of unbranched alkanes of at least 4 members (excludes halogenated alkanes) is 10. The van der Waals surface area contributed by atoms with Crippen LogP contribution in [0.1, 0.15) is 249 Å². The minimum Gasteiger partial charge on any atom is -0.508 e. The molecule has 6 rings (SSSR count). The Morgan fingerprint density at radius 1 is 0.314 bits per heavy atom. The lowest BCUT2D eigenvalue weighted by molar-refractivity contribution is 0.355. The van der Waals surface area contributed by atoms with Gasteiger partial charge in [-0.2, -0.15) is 15.0 Å². The molecule has 0 aliphatic heterocycles. The van der Waals surface area contributed by atoms with E-state index in [1.54, 1.807) is 84.2 Å². The van der Waals surface area contributed by atoms with E-state index < -0.39 is 32.5 Å². The van der Waals surface area contributed by atoms with Crippen LogP contribution in [0.25, 0.3) is 0 Å². The highest BCUT2D eigenvalue weighted by atomic mass is 32.2. The number of rotatable bonds is 24. The van der Waals surface area contributed by atoms with Crippen LogP contribution < -0.4 is 18.9 Å². The van der Waals surface area contributed by atoms with Gasteiger partial charge in [0.25, 0.3) is 0 Å². The Bertz CT molecular complexity index is 2760. The van der Waals surface area contributed by atoms with Crippen LogP contribution in [0.3, 0.4) is 0 Å². The van der Waals surface area contributed by atoms with E-state index in [1.165, 1.54) is 77.0 Å². The molecule has 0 aliphatic carbocycles. The number of nitrogens with zero attached hydrogens (tertiary/aromatic N) is 6. The quantitative estimate of drug-likeness (QED) is 0.0330. The largest absolute Gasteiger partial charge is 0.508 e. The summed E-state index contributed by atoms with van der Waals surface area (Å²) in [5.74, 6) is 4.77. The van der Waals surface area contributed by atoms with Crippen molar-refractivity contribution >= 4 is 23.5 Å². The zero-order chi connectivity index (χ0) is 64.0. The van der Waals surface area contributed by atoms with Crippen molar-refractivity contribution in [3.05, 3.63) is 94.0 Å². The van der Waals surface area contributed by atoms with E-state index in [-0.39, 0.29) is 41.0 Å². The number of ether oxygens (including phenoxy) is 4. The summed E-state index contributed by atoms with van der Waals surface area (Å²) in [6.45, 7) is 41.1. The molecule has 0 aliphatic rings. The molecule has 0 saturated carbocycles. The maximum Gasteiger partial charge on any atom is 0.331 e. The second kappa shape index (κ2) is 30.3. The fourth-order valence-corrected chi connectivity index (χ4v) is 11.1. The normalized spacial score (nSPS) is 12.4. The van der Waals surface area contributed by atoms with E-state index in [2.05, 4.69) is 43.8 Å². The standard InChI is InChI=1S/C45H63N3O6.C25H39N3O2S2/c1-40(2,3)28-19-25(20-29(34(28)49)41(4,5)6)52-37-46-38(53-26-21-30(42(7,8)9)35(50)31(22-26)43(10,11)12)48-39(47-37)54-27-23-32(44(13,14)15)36(51)33(24-27)45(16,17)18;1-3-5-7-9-11-13-19-31-24-26-23(30-22-17-15-21(29)16-18-22)27-25(28-24)32-20-14-12-10-8-6-4-2/h19-24,49-51H,1-18H3;15-18,29H,3-14,19-20H2,1-2H3. The van der Waals surface area contributed by atoms with Crippen molar-refractivity contribution in [2.24, 2.45) is 0 Å². The number of thioether (sulfide) groups is 2. The number of hydrogen-bond acceptors (Lipinski definition) is 16. The Balaban J connectivity index is 0.000000359. The zero-order valence-electron chi connectivity index (χ0n) is 55.6. The second-order valence-electron chi connectivity index (χ2n) is 28.6. The van der Waals surface area contributed by atoms with Crippen LogP contribution in [0.15, 0.2) is 71.0 Å². The number of phenols is 4. The molecule has 0 saturated heterocycles. The molecular weight excluding hydrogens is 1120 g/mol. The molecular formula is C70H102N6O8S2. The third kappa shape index (κ3) is 21.7. The molecule has 6 aromatic rings. The molecule has 0 spiro atoms. The second-order valence-corrected chi connectivity index (χ2v) is 30.7. The van der Waals surface area contributed by atoms with Crippen LogP contribution >= 0.6 is 23.5 Å². The molecule has 4 N–H and O–H groups in total. The molecule has 4 aromatic carbocycles. The van der Waals surface area contributed by atoms with Gasteiger partial charge < -0.3 is 39.4 Å². The van der Waals surface area contributed by atoms with Gasteiger partial charge in [-0.3, -0.25) is 0 Å². The lowest BCUT2D eigenvalue weighted by atomic mass is 9.79. The monoisotopic (exact) mass is 1220 g/mol. The van der Waals surface area contributed by atoms with Gasteiger partial charge in [0.15, 0.2) is 10.3 Å². The van der Waals surface area contributed by atoms with Gasteiger partial charge in [-0.05, 0) is 106 Å². The molecule has 0 amide bonds. The molecule has 2 heterocycles. The average molecular weight is 1220 g/mol. The number of aromatic nitrogens is 6. The summed E-state index contributed by atoms with van der Waals surface area (Å²) >= 11 is 3.37. The van der Waals surface area contributed by atoms with Gasteiger partial charge in [-0.25, -0.2) is 0 Å². The molecule has 472 valence electrons. The van der Waals surface area contributed by atoms with Gasteiger partial charge in [0.1, 0.15) is 46.0 Å². The minimum atomic E-state index is -0.395. The van der Waals surface area contributed by atoms with Crippen molar-refractivity contribution in [1.82, 2.24) is 29.9 Å². The Hall–Kier alpha value is -6.00. The molecule has 86 heavy (non-hydrogen) atoms. The highest BCUT2D eigenvalue weighted by molar-refractivity contribution is 7.99. The maximum absolute atomic E-state index is 11.4. The van der Waals surface area contributed by atoms with Gasteiger partial charge in [0, 0.05) is 44.9 Å². The fourth-order valence-electron chi connectivity index (χ4n) is 9.41. The van der Waals surface area contributed by atoms with E-state index in [9.17, 15) is 20.4 Å². The van der Waals surface area contributed by atoms with Crippen molar-refractivity contribution in [1.29, 1.82) is 0 Å². The average Bonchev–Trinajstić information content (AvgIpc) is 1.29. The van der Waals surface area contributed by atoms with E-state index in [0.29, 0.717) is 62.4 Å². The number of phenolic OH excluding ortho intramolecular Hbond substituents is 4. The SMILES string of the molecule is CC(C)(C)c1cc(Oc2nc(Oc3cc(C(C)(C)C)c(O)c(C(C)(C)C)c3)nc(Oc3cc(C(C)(C)C)c(O)c(C(C)(C)C)c3)n2)cc(C(C)(C)C)c1O.CCCCCCCCSc1nc(Oc2ccc(O)cc2)nc(SCCCCCCCC)n1. The summed E-state index contributed by atoms with van der Waals surface area (Å²) in [5, 5.41) is 45.0. The Morgan fingerprint density at radius 3 is 0.826 bits per heavy atom. The van der Waals surface area contributed by atoms with Crippen LogP contribution in [-0.2, 0) is 32.5 Å². The van der Waals surface area contributed by atoms with Crippen LogP contribution in [0.5, 0.6) is 70.0 Å². The molecule has 0 atom stereocenters. The van der Waals surface area contributed by atoms with Crippen LogP contribution in [0.2, 0.25) is 0 Å². The molecule has 0 bridgehead atoms. The Kier molecular flexibility index (Phi) is 24.9. The first-order valence-electron chi connectivity index (χ1n) is 30.9. The van der Waals surface area contributed by atoms with Gasteiger partial charge in [-0.15, -0.1) is 15.0 Å². The first-order chi connectivity index (χ1) is 40.0.